The van der Waals surface area contributed by atoms with Gasteiger partial charge in [-0.15, -0.1) is 10.2 Å². The van der Waals surface area contributed by atoms with Crippen LogP contribution in [0.5, 0.6) is 0 Å². The molecule has 2 heterocycles. The summed E-state index contributed by atoms with van der Waals surface area (Å²) in [6.45, 7) is 0.398. The van der Waals surface area contributed by atoms with Crippen LogP contribution >= 0.6 is 23.4 Å². The molecule has 0 saturated heterocycles. The highest BCUT2D eigenvalue weighted by molar-refractivity contribution is 7.99. The Morgan fingerprint density at radius 3 is 2.72 bits per heavy atom. The van der Waals surface area contributed by atoms with Crippen molar-refractivity contribution in [1.29, 1.82) is 0 Å². The normalized spacial score (nSPS) is 10.8. The zero-order chi connectivity index (χ0) is 20.1. The molecule has 0 fully saturated rings. The summed E-state index contributed by atoms with van der Waals surface area (Å²) in [5.41, 5.74) is 2.67. The molecule has 0 aliphatic rings. The maximum Gasteiger partial charge on any atom is 0.277 e. The molecule has 0 saturated carbocycles. The molecule has 2 aromatic carbocycles. The van der Waals surface area contributed by atoms with Crippen molar-refractivity contribution in [2.24, 2.45) is 0 Å². The molecule has 0 bridgehead atoms. The van der Waals surface area contributed by atoms with E-state index in [2.05, 4.69) is 20.6 Å². The van der Waals surface area contributed by atoms with Gasteiger partial charge in [0.25, 0.3) is 5.22 Å². The molecule has 4 rings (SSSR count). The third kappa shape index (κ3) is 4.85. The van der Waals surface area contributed by atoms with Gasteiger partial charge < -0.3 is 9.73 Å². The van der Waals surface area contributed by atoms with Gasteiger partial charge in [-0.1, -0.05) is 41.6 Å². The number of hydrogen-bond donors (Lipinski definition) is 1. The van der Waals surface area contributed by atoms with Crippen molar-refractivity contribution in [2.45, 2.75) is 11.8 Å². The van der Waals surface area contributed by atoms with E-state index in [0.29, 0.717) is 22.7 Å². The largest absolute Gasteiger partial charge is 0.411 e. The van der Waals surface area contributed by atoms with Gasteiger partial charge in [0.2, 0.25) is 11.8 Å². The standard InChI is InChI=1S/C20H16ClN5O2S/c21-16-8-6-14(7-9-16)19-24-25-20(28-19)29-13-18(27)22-12-15-4-1-2-5-17(15)26-11-3-10-23-26/h1-11H,12-13H2,(H,22,27). The summed E-state index contributed by atoms with van der Waals surface area (Å²) < 4.78 is 7.37. The summed E-state index contributed by atoms with van der Waals surface area (Å²) in [6, 6.07) is 16.7. The zero-order valence-corrected chi connectivity index (χ0v) is 16.7. The average molecular weight is 426 g/mol. The van der Waals surface area contributed by atoms with Crippen LogP contribution in [0.15, 0.2) is 76.6 Å². The number of hydrogen-bond acceptors (Lipinski definition) is 6. The Bertz CT molecular complexity index is 1100. The first-order chi connectivity index (χ1) is 14.2. The smallest absolute Gasteiger partial charge is 0.277 e. The quantitative estimate of drug-likeness (QED) is 0.451. The van der Waals surface area contributed by atoms with Gasteiger partial charge in [-0.2, -0.15) is 5.10 Å². The molecular weight excluding hydrogens is 410 g/mol. The summed E-state index contributed by atoms with van der Waals surface area (Å²) in [5.74, 6) is 0.431. The van der Waals surface area contributed by atoms with Crippen molar-refractivity contribution in [3.05, 3.63) is 77.6 Å². The van der Waals surface area contributed by atoms with Crippen molar-refractivity contribution >= 4 is 29.3 Å². The van der Waals surface area contributed by atoms with Crippen LogP contribution in [0.25, 0.3) is 17.1 Å². The van der Waals surface area contributed by atoms with Gasteiger partial charge in [0, 0.05) is 29.5 Å². The van der Waals surface area contributed by atoms with E-state index in [1.165, 1.54) is 11.8 Å². The third-order valence-corrected chi connectivity index (χ3v) is 5.11. The molecule has 0 radical (unpaired) electrons. The Hall–Kier alpha value is -3.10. The van der Waals surface area contributed by atoms with Crippen LogP contribution in [-0.2, 0) is 11.3 Å². The van der Waals surface area contributed by atoms with Gasteiger partial charge in [0.05, 0.1) is 11.4 Å². The number of aromatic nitrogens is 4. The summed E-state index contributed by atoms with van der Waals surface area (Å²) in [6.07, 6.45) is 3.58. The van der Waals surface area contributed by atoms with Crippen molar-refractivity contribution in [1.82, 2.24) is 25.3 Å². The summed E-state index contributed by atoms with van der Waals surface area (Å²) in [7, 11) is 0. The Labute approximate surface area is 176 Å². The van der Waals surface area contributed by atoms with Gasteiger partial charge in [0.1, 0.15) is 0 Å². The number of carbonyl (C=O) groups is 1. The van der Waals surface area contributed by atoms with Crippen LogP contribution in [-0.4, -0.2) is 31.6 Å². The van der Waals surface area contributed by atoms with E-state index in [9.17, 15) is 4.79 Å². The van der Waals surface area contributed by atoms with Gasteiger partial charge in [-0.3, -0.25) is 4.79 Å². The minimum Gasteiger partial charge on any atom is -0.411 e. The van der Waals surface area contributed by atoms with E-state index >= 15 is 0 Å². The second-order valence-electron chi connectivity index (χ2n) is 6.02. The lowest BCUT2D eigenvalue weighted by Gasteiger charge is -2.10. The SMILES string of the molecule is O=C(CSc1nnc(-c2ccc(Cl)cc2)o1)NCc1ccccc1-n1cccn1. The lowest BCUT2D eigenvalue weighted by Crippen LogP contribution is -2.25. The second kappa shape index (κ2) is 8.93. The highest BCUT2D eigenvalue weighted by Gasteiger charge is 2.12. The molecule has 9 heteroatoms. The average Bonchev–Trinajstić information content (AvgIpc) is 3.44. The fraction of sp³-hybridized carbons (Fsp3) is 0.100. The first-order valence-electron chi connectivity index (χ1n) is 8.76. The Kier molecular flexibility index (Phi) is 5.92. The monoisotopic (exact) mass is 425 g/mol. The summed E-state index contributed by atoms with van der Waals surface area (Å²) in [4.78, 5) is 12.2. The first-order valence-corrected chi connectivity index (χ1v) is 10.1. The molecule has 4 aromatic rings. The lowest BCUT2D eigenvalue weighted by atomic mass is 10.2. The van der Waals surface area contributed by atoms with Crippen molar-refractivity contribution < 1.29 is 9.21 Å². The second-order valence-corrected chi connectivity index (χ2v) is 7.39. The molecule has 1 N–H and O–H groups in total. The third-order valence-electron chi connectivity index (χ3n) is 4.04. The van der Waals surface area contributed by atoms with E-state index in [-0.39, 0.29) is 11.7 Å². The zero-order valence-electron chi connectivity index (χ0n) is 15.2. The summed E-state index contributed by atoms with van der Waals surface area (Å²) in [5, 5.41) is 16.1. The van der Waals surface area contributed by atoms with Crippen LogP contribution < -0.4 is 5.32 Å². The lowest BCUT2D eigenvalue weighted by molar-refractivity contribution is -0.118. The fourth-order valence-electron chi connectivity index (χ4n) is 2.64. The van der Waals surface area contributed by atoms with Crippen molar-refractivity contribution in [2.75, 3.05) is 5.75 Å². The molecule has 0 atom stereocenters. The van der Waals surface area contributed by atoms with Crippen molar-refractivity contribution in [3.8, 4) is 17.1 Å². The number of para-hydroxylation sites is 1. The number of rotatable bonds is 7. The van der Waals surface area contributed by atoms with Crippen LogP contribution in [0, 0.1) is 0 Å². The molecular formula is C20H16ClN5O2S. The van der Waals surface area contributed by atoms with E-state index in [1.54, 1.807) is 35.1 Å². The predicted octanol–water partition coefficient (Wildman–Crippen LogP) is 3.98. The van der Waals surface area contributed by atoms with Crippen LogP contribution in [0.3, 0.4) is 0 Å². The van der Waals surface area contributed by atoms with Gasteiger partial charge in [0.15, 0.2) is 0 Å². The van der Waals surface area contributed by atoms with E-state index < -0.39 is 0 Å². The number of halogens is 1. The number of carbonyl (C=O) groups excluding carboxylic acids is 1. The molecule has 146 valence electrons. The Morgan fingerprint density at radius 2 is 1.93 bits per heavy atom. The predicted molar refractivity (Wildman–Crippen MR) is 111 cm³/mol. The number of amides is 1. The van der Waals surface area contributed by atoms with Crippen LogP contribution in [0.2, 0.25) is 5.02 Å². The first kappa shape index (κ1) is 19.2. The number of benzene rings is 2. The Morgan fingerprint density at radius 1 is 1.10 bits per heavy atom. The minimum absolute atomic E-state index is 0.128. The number of nitrogens with zero attached hydrogens (tertiary/aromatic N) is 4. The van der Waals surface area contributed by atoms with E-state index in [1.807, 2.05) is 36.5 Å². The number of thioether (sulfide) groups is 1. The molecule has 0 aliphatic carbocycles. The molecule has 0 unspecified atom stereocenters. The molecule has 7 nitrogen and oxygen atoms in total. The van der Waals surface area contributed by atoms with Gasteiger partial charge >= 0.3 is 0 Å². The highest BCUT2D eigenvalue weighted by Crippen LogP contribution is 2.24. The molecule has 2 aromatic heterocycles. The maximum atomic E-state index is 12.2. The van der Waals surface area contributed by atoms with Gasteiger partial charge in [-0.05, 0) is 42.0 Å². The molecule has 0 aliphatic heterocycles. The van der Waals surface area contributed by atoms with Crippen LogP contribution in [0.1, 0.15) is 5.56 Å². The highest BCUT2D eigenvalue weighted by atomic mass is 35.5. The Balaban J connectivity index is 1.32. The minimum atomic E-state index is -0.128. The topological polar surface area (TPSA) is 85.8 Å². The van der Waals surface area contributed by atoms with Gasteiger partial charge in [-0.25, -0.2) is 4.68 Å². The number of nitrogens with one attached hydrogen (secondary N) is 1. The van der Waals surface area contributed by atoms with E-state index in [4.69, 9.17) is 16.0 Å². The van der Waals surface area contributed by atoms with Crippen LogP contribution in [0.4, 0.5) is 0 Å². The van der Waals surface area contributed by atoms with E-state index in [0.717, 1.165) is 16.8 Å². The molecule has 29 heavy (non-hydrogen) atoms. The molecule has 0 spiro atoms. The maximum absolute atomic E-state index is 12.2. The molecule has 1 amide bonds. The fourth-order valence-corrected chi connectivity index (χ4v) is 3.36. The summed E-state index contributed by atoms with van der Waals surface area (Å²) >= 11 is 7.07. The van der Waals surface area contributed by atoms with Crippen molar-refractivity contribution in [3.63, 3.8) is 0 Å².